The van der Waals surface area contributed by atoms with Crippen molar-refractivity contribution in [2.24, 2.45) is 5.92 Å². The molecule has 0 aromatic rings. The number of rotatable bonds is 4. The first kappa shape index (κ1) is 10.4. The van der Waals surface area contributed by atoms with E-state index >= 15 is 0 Å². The summed E-state index contributed by atoms with van der Waals surface area (Å²) in [5.74, 6) is -3.65. The molecule has 0 bridgehead atoms. The lowest BCUT2D eigenvalue weighted by molar-refractivity contribution is -0.528. The minimum Gasteiger partial charge on any atom is -0.481 e. The molecule has 0 aromatic carbocycles. The summed E-state index contributed by atoms with van der Waals surface area (Å²) in [5, 5.41) is 19.1. The third-order valence-corrected chi connectivity index (χ3v) is 2.18. The van der Waals surface area contributed by atoms with E-state index in [1.807, 2.05) is 0 Å². The second-order valence-electron chi connectivity index (χ2n) is 3.00. The van der Waals surface area contributed by atoms with Crippen LogP contribution in [0, 0.1) is 16.0 Å². The number of carboxylic acids is 1. The number of nitro groups is 1. The molecule has 1 saturated carbocycles. The maximum atomic E-state index is 11.2. The van der Waals surface area contributed by atoms with Crippen LogP contribution in [-0.2, 0) is 14.3 Å². The Balaban J connectivity index is 2.83. The van der Waals surface area contributed by atoms with E-state index in [0.717, 1.165) is 0 Å². The van der Waals surface area contributed by atoms with E-state index in [0.29, 0.717) is 0 Å². The van der Waals surface area contributed by atoms with Crippen molar-refractivity contribution in [2.45, 2.75) is 18.9 Å². The summed E-state index contributed by atoms with van der Waals surface area (Å²) in [7, 11) is 0. The van der Waals surface area contributed by atoms with Gasteiger partial charge in [-0.1, -0.05) is 0 Å². The van der Waals surface area contributed by atoms with E-state index in [9.17, 15) is 19.7 Å². The summed E-state index contributed by atoms with van der Waals surface area (Å²) in [4.78, 5) is 31.3. The summed E-state index contributed by atoms with van der Waals surface area (Å²) in [6, 6.07) is 0. The first-order chi connectivity index (χ1) is 6.46. The molecule has 2 atom stereocenters. The Hall–Kier alpha value is -1.66. The fourth-order valence-electron chi connectivity index (χ4n) is 1.30. The summed E-state index contributed by atoms with van der Waals surface area (Å²) in [5.41, 5.74) is -2.04. The zero-order chi connectivity index (χ0) is 10.9. The summed E-state index contributed by atoms with van der Waals surface area (Å²) < 4.78 is 4.47. The Morgan fingerprint density at radius 3 is 2.57 bits per heavy atom. The number of carbonyl (C=O) groups is 2. The number of ether oxygens (including phenoxy) is 1. The lowest BCUT2D eigenvalue weighted by Crippen LogP contribution is -2.37. The molecule has 0 radical (unpaired) electrons. The van der Waals surface area contributed by atoms with Gasteiger partial charge in [0.15, 0.2) is 0 Å². The van der Waals surface area contributed by atoms with Crippen molar-refractivity contribution in [3.63, 3.8) is 0 Å². The lowest BCUT2D eigenvalue weighted by atomic mass is 10.2. The minimum absolute atomic E-state index is 0.000756. The van der Waals surface area contributed by atoms with Crippen molar-refractivity contribution in [3.05, 3.63) is 10.1 Å². The Labute approximate surface area is 78.8 Å². The van der Waals surface area contributed by atoms with Gasteiger partial charge >= 0.3 is 17.5 Å². The van der Waals surface area contributed by atoms with Crippen molar-refractivity contribution < 1.29 is 24.4 Å². The van der Waals surface area contributed by atoms with Crippen LogP contribution in [0.2, 0.25) is 0 Å². The largest absolute Gasteiger partial charge is 0.481 e. The smallest absolute Gasteiger partial charge is 0.385 e. The molecule has 1 rings (SSSR count). The molecular weight excluding hydrogens is 194 g/mol. The SMILES string of the molecule is CCOC(=O)C1([N+](=O)[O-])CC1C(=O)O. The van der Waals surface area contributed by atoms with Gasteiger partial charge in [0.2, 0.25) is 0 Å². The summed E-state index contributed by atoms with van der Waals surface area (Å²) in [6.45, 7) is 1.50. The molecule has 0 aromatic heterocycles. The third kappa shape index (κ3) is 1.30. The van der Waals surface area contributed by atoms with Crippen LogP contribution in [0.1, 0.15) is 13.3 Å². The number of aliphatic carboxylic acids is 1. The van der Waals surface area contributed by atoms with Crippen molar-refractivity contribution in [1.82, 2.24) is 0 Å². The van der Waals surface area contributed by atoms with E-state index in [1.54, 1.807) is 0 Å². The first-order valence-corrected chi connectivity index (χ1v) is 4.01. The van der Waals surface area contributed by atoms with Gasteiger partial charge in [-0.2, -0.15) is 0 Å². The Bertz CT molecular complexity index is 301. The highest BCUT2D eigenvalue weighted by Crippen LogP contribution is 2.47. The normalized spacial score (nSPS) is 29.4. The van der Waals surface area contributed by atoms with Gasteiger partial charge in [-0.05, 0) is 6.92 Å². The molecule has 0 saturated heterocycles. The predicted octanol–water partition coefficient (Wildman–Crippen LogP) is -0.330. The van der Waals surface area contributed by atoms with Crippen LogP contribution in [-0.4, -0.2) is 34.1 Å². The second-order valence-corrected chi connectivity index (χ2v) is 3.00. The average Bonchev–Trinajstić information content (AvgIpc) is 2.79. The zero-order valence-corrected chi connectivity index (χ0v) is 7.43. The molecule has 1 fully saturated rings. The van der Waals surface area contributed by atoms with Gasteiger partial charge in [0.05, 0.1) is 13.0 Å². The van der Waals surface area contributed by atoms with E-state index in [1.165, 1.54) is 6.92 Å². The fraction of sp³-hybridized carbons (Fsp3) is 0.714. The molecule has 78 valence electrons. The Kier molecular flexibility index (Phi) is 2.41. The van der Waals surface area contributed by atoms with Crippen molar-refractivity contribution in [3.8, 4) is 0 Å². The van der Waals surface area contributed by atoms with Crippen molar-refractivity contribution in [2.75, 3.05) is 6.61 Å². The predicted molar refractivity (Wildman–Crippen MR) is 42.1 cm³/mol. The second kappa shape index (κ2) is 3.24. The van der Waals surface area contributed by atoms with E-state index in [2.05, 4.69) is 4.74 Å². The van der Waals surface area contributed by atoms with E-state index in [4.69, 9.17) is 5.11 Å². The highest BCUT2D eigenvalue weighted by Gasteiger charge is 2.77. The van der Waals surface area contributed by atoms with Gasteiger partial charge in [-0.25, -0.2) is 4.79 Å². The number of carboxylic acid groups (broad SMARTS) is 1. The molecule has 14 heavy (non-hydrogen) atoms. The topological polar surface area (TPSA) is 107 Å². The van der Waals surface area contributed by atoms with Crippen LogP contribution in [0.5, 0.6) is 0 Å². The molecule has 0 spiro atoms. The molecule has 7 nitrogen and oxygen atoms in total. The maximum Gasteiger partial charge on any atom is 0.385 e. The Morgan fingerprint density at radius 1 is 1.71 bits per heavy atom. The number of esters is 1. The van der Waals surface area contributed by atoms with Crippen LogP contribution < -0.4 is 0 Å². The molecule has 2 unspecified atom stereocenters. The van der Waals surface area contributed by atoms with Gasteiger partial charge in [0.1, 0.15) is 5.92 Å². The zero-order valence-electron chi connectivity index (χ0n) is 7.43. The number of hydrogen-bond donors (Lipinski definition) is 1. The minimum atomic E-state index is -2.04. The van der Waals surface area contributed by atoms with Crippen LogP contribution in [0.3, 0.4) is 0 Å². The maximum absolute atomic E-state index is 11.2. The average molecular weight is 203 g/mol. The number of nitrogens with zero attached hydrogens (tertiary/aromatic N) is 1. The molecule has 0 aliphatic heterocycles. The van der Waals surface area contributed by atoms with Crippen LogP contribution in [0.15, 0.2) is 0 Å². The molecule has 7 heteroatoms. The van der Waals surface area contributed by atoms with Gasteiger partial charge in [-0.3, -0.25) is 14.9 Å². The molecule has 1 N–H and O–H groups in total. The summed E-state index contributed by atoms with van der Waals surface area (Å²) >= 11 is 0. The monoisotopic (exact) mass is 203 g/mol. The highest BCUT2D eigenvalue weighted by molar-refractivity contribution is 5.92. The molecule has 0 amide bonds. The lowest BCUT2D eigenvalue weighted by Gasteiger charge is -2.06. The number of hydrogen-bond acceptors (Lipinski definition) is 5. The van der Waals surface area contributed by atoms with Gasteiger partial charge in [0.25, 0.3) is 0 Å². The molecule has 1 aliphatic rings. The van der Waals surface area contributed by atoms with Crippen molar-refractivity contribution in [1.29, 1.82) is 0 Å². The third-order valence-electron chi connectivity index (χ3n) is 2.18. The van der Waals surface area contributed by atoms with E-state index in [-0.39, 0.29) is 13.0 Å². The summed E-state index contributed by atoms with van der Waals surface area (Å²) in [6.07, 6.45) is -0.284. The quantitative estimate of drug-likeness (QED) is 0.381. The van der Waals surface area contributed by atoms with Crippen LogP contribution in [0.25, 0.3) is 0 Å². The van der Waals surface area contributed by atoms with Gasteiger partial charge in [-0.15, -0.1) is 0 Å². The van der Waals surface area contributed by atoms with Crippen LogP contribution >= 0.6 is 0 Å². The molecular formula is C7H9NO6. The number of carbonyl (C=O) groups excluding carboxylic acids is 1. The van der Waals surface area contributed by atoms with Gasteiger partial charge < -0.3 is 9.84 Å². The standard InChI is InChI=1S/C7H9NO6/c1-2-14-6(11)7(8(12)13)3-4(7)5(9)10/h4H,2-3H2,1H3,(H,9,10). The van der Waals surface area contributed by atoms with E-state index < -0.39 is 28.3 Å². The fourth-order valence-corrected chi connectivity index (χ4v) is 1.30. The van der Waals surface area contributed by atoms with Crippen LogP contribution in [0.4, 0.5) is 0 Å². The molecule has 0 heterocycles. The van der Waals surface area contributed by atoms with Crippen molar-refractivity contribution >= 4 is 11.9 Å². The highest BCUT2D eigenvalue weighted by atomic mass is 16.6. The Morgan fingerprint density at radius 2 is 2.29 bits per heavy atom. The van der Waals surface area contributed by atoms with Gasteiger partial charge in [0, 0.05) is 4.92 Å². The first-order valence-electron chi connectivity index (χ1n) is 4.01. The molecule has 1 aliphatic carbocycles.